The number of hydrogen-bond acceptors (Lipinski definition) is 2. The van der Waals surface area contributed by atoms with Crippen LogP contribution < -0.4 is 0 Å². The number of rotatable bonds is 2. The van der Waals surface area contributed by atoms with Gasteiger partial charge in [-0.25, -0.2) is 0 Å². The van der Waals surface area contributed by atoms with E-state index in [1.54, 1.807) is 6.92 Å². The molecule has 0 aromatic carbocycles. The molecule has 2 nitrogen and oxygen atoms in total. The maximum absolute atomic E-state index is 10.4. The zero-order chi connectivity index (χ0) is 6.57. The number of carbonyl (C=O) groups is 1. The van der Waals surface area contributed by atoms with Gasteiger partial charge in [0.2, 0.25) is 0 Å². The van der Waals surface area contributed by atoms with Crippen molar-refractivity contribution < 1.29 is 9.53 Å². The van der Waals surface area contributed by atoms with Crippen LogP contribution in [0.1, 0.15) is 13.8 Å². The van der Waals surface area contributed by atoms with Crippen LogP contribution in [0.3, 0.4) is 0 Å². The molecule has 0 radical (unpaired) electrons. The summed E-state index contributed by atoms with van der Waals surface area (Å²) in [5.41, 5.74) is 0.646. The second-order valence-electron chi connectivity index (χ2n) is 1.59. The molecule has 0 aliphatic rings. The third-order valence-corrected chi connectivity index (χ3v) is 0.850. The van der Waals surface area contributed by atoms with E-state index in [-0.39, 0.29) is 5.78 Å². The summed E-state index contributed by atoms with van der Waals surface area (Å²) < 4.78 is 4.58. The lowest BCUT2D eigenvalue weighted by Gasteiger charge is -1.90. The molecule has 0 N–H and O–H groups in total. The molecule has 0 fully saturated rings. The highest BCUT2D eigenvalue weighted by molar-refractivity contribution is 5.92. The Balaban J connectivity index is 3.80. The zero-order valence-corrected chi connectivity index (χ0v) is 5.39. The Kier molecular flexibility index (Phi) is 2.92. The molecule has 0 aliphatic heterocycles. The summed E-state index contributed by atoms with van der Waals surface area (Å²) in [5.74, 6) is 0.0480. The van der Waals surface area contributed by atoms with E-state index in [0.29, 0.717) is 5.57 Å². The van der Waals surface area contributed by atoms with Crippen LogP contribution in [0, 0.1) is 0 Å². The summed E-state index contributed by atoms with van der Waals surface area (Å²) in [6, 6.07) is 0. The van der Waals surface area contributed by atoms with Crippen molar-refractivity contribution >= 4 is 5.78 Å². The van der Waals surface area contributed by atoms with Gasteiger partial charge >= 0.3 is 0 Å². The second kappa shape index (κ2) is 3.24. The topological polar surface area (TPSA) is 26.3 Å². The van der Waals surface area contributed by atoms with Gasteiger partial charge in [-0.15, -0.1) is 0 Å². The first kappa shape index (κ1) is 7.21. The smallest absolute Gasteiger partial charge is 0.158 e. The molecule has 0 aromatic heterocycles. The molecule has 0 heterocycles. The number of Topliss-reactive ketones (excluding diaryl/α,β-unsaturated/α-hetero) is 1. The first-order valence-corrected chi connectivity index (χ1v) is 2.39. The van der Waals surface area contributed by atoms with Gasteiger partial charge < -0.3 is 4.74 Å². The van der Waals surface area contributed by atoms with Crippen LogP contribution in [0.25, 0.3) is 0 Å². The summed E-state index contributed by atoms with van der Waals surface area (Å²) in [6.07, 6.45) is 1.43. The van der Waals surface area contributed by atoms with Crippen molar-refractivity contribution in [3.05, 3.63) is 11.8 Å². The lowest BCUT2D eigenvalue weighted by molar-refractivity contribution is -0.113. The minimum absolute atomic E-state index is 0.0480. The molecular weight excluding hydrogens is 104 g/mol. The van der Waals surface area contributed by atoms with Crippen LogP contribution in [-0.2, 0) is 9.53 Å². The van der Waals surface area contributed by atoms with Gasteiger partial charge in [-0.1, -0.05) is 0 Å². The van der Waals surface area contributed by atoms with Crippen LogP contribution in [0.5, 0.6) is 0 Å². The number of ether oxygens (including phenoxy) is 1. The summed E-state index contributed by atoms with van der Waals surface area (Å²) in [5, 5.41) is 0. The number of hydrogen-bond donors (Lipinski definition) is 0. The highest BCUT2D eigenvalue weighted by Gasteiger charge is 1.92. The molecule has 0 amide bonds. The molecule has 46 valence electrons. The van der Waals surface area contributed by atoms with E-state index in [4.69, 9.17) is 0 Å². The maximum atomic E-state index is 10.4. The molecule has 0 rings (SSSR count). The molecule has 0 aromatic rings. The van der Waals surface area contributed by atoms with Gasteiger partial charge in [0, 0.05) is 5.57 Å². The monoisotopic (exact) mass is 114 g/mol. The fraction of sp³-hybridized carbons (Fsp3) is 0.500. The third kappa shape index (κ3) is 2.39. The van der Waals surface area contributed by atoms with Crippen molar-refractivity contribution in [2.24, 2.45) is 0 Å². The Morgan fingerprint density at radius 1 is 1.50 bits per heavy atom. The van der Waals surface area contributed by atoms with Crippen molar-refractivity contribution in [1.82, 2.24) is 0 Å². The molecule has 8 heavy (non-hydrogen) atoms. The largest absolute Gasteiger partial charge is 0.504 e. The molecule has 0 aliphatic carbocycles. The Hall–Kier alpha value is -0.790. The fourth-order valence-corrected chi connectivity index (χ4v) is 0.260. The van der Waals surface area contributed by atoms with E-state index >= 15 is 0 Å². The lowest BCUT2D eigenvalue weighted by atomic mass is 10.2. The van der Waals surface area contributed by atoms with Crippen molar-refractivity contribution in [2.75, 3.05) is 7.11 Å². The van der Waals surface area contributed by atoms with Crippen LogP contribution in [0.4, 0.5) is 0 Å². The van der Waals surface area contributed by atoms with Crippen LogP contribution in [0.15, 0.2) is 11.8 Å². The molecule has 0 spiro atoms. The number of ketones is 1. The van der Waals surface area contributed by atoms with Gasteiger partial charge in [0.25, 0.3) is 0 Å². The summed E-state index contributed by atoms with van der Waals surface area (Å²) in [7, 11) is 1.52. The number of methoxy groups -OCH3 is 1. The molecule has 0 atom stereocenters. The highest BCUT2D eigenvalue weighted by atomic mass is 16.5. The van der Waals surface area contributed by atoms with E-state index in [2.05, 4.69) is 4.74 Å². The predicted octanol–water partition coefficient (Wildman–Crippen LogP) is 1.13. The average molecular weight is 114 g/mol. The third-order valence-electron chi connectivity index (χ3n) is 0.850. The number of allylic oxidation sites excluding steroid dienone is 1. The maximum Gasteiger partial charge on any atom is 0.158 e. The fourth-order valence-electron chi connectivity index (χ4n) is 0.260. The van der Waals surface area contributed by atoms with E-state index < -0.39 is 0 Å². The molecular formula is C6H10O2. The zero-order valence-electron chi connectivity index (χ0n) is 5.39. The van der Waals surface area contributed by atoms with Crippen molar-refractivity contribution in [1.29, 1.82) is 0 Å². The Labute approximate surface area is 49.1 Å². The van der Waals surface area contributed by atoms with Crippen molar-refractivity contribution in [3.8, 4) is 0 Å². The van der Waals surface area contributed by atoms with Crippen molar-refractivity contribution in [2.45, 2.75) is 13.8 Å². The molecule has 0 saturated carbocycles. The SMILES string of the molecule is CO/C=C(\C)C(C)=O. The standard InChI is InChI=1S/C6H10O2/c1-5(4-8-3)6(2)7/h4H,1-3H3/b5-4+. The van der Waals surface area contributed by atoms with Gasteiger partial charge in [-0.3, -0.25) is 4.79 Å². The lowest BCUT2D eigenvalue weighted by Crippen LogP contribution is -1.90. The minimum Gasteiger partial charge on any atom is -0.504 e. The van der Waals surface area contributed by atoms with E-state index in [0.717, 1.165) is 0 Å². The van der Waals surface area contributed by atoms with Gasteiger partial charge in [-0.05, 0) is 13.8 Å². The second-order valence-corrected chi connectivity index (χ2v) is 1.59. The molecule has 0 unspecified atom stereocenters. The first-order valence-electron chi connectivity index (χ1n) is 2.39. The Morgan fingerprint density at radius 2 is 2.00 bits per heavy atom. The van der Waals surface area contributed by atoms with Crippen molar-refractivity contribution in [3.63, 3.8) is 0 Å². The van der Waals surface area contributed by atoms with Crippen LogP contribution in [0.2, 0.25) is 0 Å². The predicted molar refractivity (Wildman–Crippen MR) is 31.4 cm³/mol. The van der Waals surface area contributed by atoms with E-state index in [1.807, 2.05) is 0 Å². The van der Waals surface area contributed by atoms with E-state index in [9.17, 15) is 4.79 Å². The van der Waals surface area contributed by atoms with Crippen LogP contribution >= 0.6 is 0 Å². The molecule has 0 bridgehead atoms. The summed E-state index contributed by atoms with van der Waals surface area (Å²) in [4.78, 5) is 10.4. The molecule has 2 heteroatoms. The highest BCUT2D eigenvalue weighted by Crippen LogP contribution is 1.91. The quantitative estimate of drug-likeness (QED) is 0.397. The minimum atomic E-state index is 0.0480. The van der Waals surface area contributed by atoms with Gasteiger partial charge in [-0.2, -0.15) is 0 Å². The number of carbonyl (C=O) groups excluding carboxylic acids is 1. The summed E-state index contributed by atoms with van der Waals surface area (Å²) in [6.45, 7) is 3.22. The average Bonchev–Trinajstić information content (AvgIpc) is 1.67. The Bertz CT molecular complexity index is 114. The van der Waals surface area contributed by atoms with Gasteiger partial charge in [0.05, 0.1) is 13.4 Å². The van der Waals surface area contributed by atoms with Gasteiger partial charge in [0.15, 0.2) is 5.78 Å². The Morgan fingerprint density at radius 3 is 2.12 bits per heavy atom. The van der Waals surface area contributed by atoms with Crippen LogP contribution in [-0.4, -0.2) is 12.9 Å². The first-order chi connectivity index (χ1) is 3.68. The summed E-state index contributed by atoms with van der Waals surface area (Å²) >= 11 is 0. The normalized spacial score (nSPS) is 11.1. The molecule has 0 saturated heterocycles. The van der Waals surface area contributed by atoms with Gasteiger partial charge in [0.1, 0.15) is 0 Å². The van der Waals surface area contributed by atoms with E-state index in [1.165, 1.54) is 20.3 Å².